The Hall–Kier alpha value is -0.120. The molecule has 4 rings (SSSR count). The van der Waals surface area contributed by atoms with Crippen molar-refractivity contribution in [1.82, 2.24) is 0 Å². The summed E-state index contributed by atoms with van der Waals surface area (Å²) >= 11 is 0. The van der Waals surface area contributed by atoms with E-state index in [-0.39, 0.29) is 29.1 Å². The van der Waals surface area contributed by atoms with Crippen molar-refractivity contribution in [3.8, 4) is 0 Å². The van der Waals surface area contributed by atoms with Crippen LogP contribution >= 0.6 is 0 Å². The van der Waals surface area contributed by atoms with E-state index in [0.29, 0.717) is 35.5 Å². The molecule has 0 aromatic heterocycles. The van der Waals surface area contributed by atoms with Crippen LogP contribution in [0.15, 0.2) is 0 Å². The zero-order valence-corrected chi connectivity index (χ0v) is 16.5. The van der Waals surface area contributed by atoms with Gasteiger partial charge in [-0.15, -0.1) is 0 Å². The van der Waals surface area contributed by atoms with E-state index in [1.165, 1.54) is 6.42 Å². The number of fused-ring (bicyclic) bond motifs is 5. The zero-order valence-electron chi connectivity index (χ0n) is 16.5. The van der Waals surface area contributed by atoms with Crippen LogP contribution in [-0.4, -0.2) is 33.6 Å². The molecule has 0 bridgehead atoms. The summed E-state index contributed by atoms with van der Waals surface area (Å²) in [5.41, 5.74) is 0.148. The highest BCUT2D eigenvalue weighted by atomic mass is 16.3. The molecule has 0 radical (unpaired) electrons. The number of aliphatic hydroxyl groups is 3. The van der Waals surface area contributed by atoms with Gasteiger partial charge in [0.15, 0.2) is 0 Å². The molecule has 0 spiro atoms. The zero-order chi connectivity index (χ0) is 18.1. The van der Waals surface area contributed by atoms with E-state index in [4.69, 9.17) is 0 Å². The van der Waals surface area contributed by atoms with Crippen LogP contribution in [0.5, 0.6) is 0 Å². The highest BCUT2D eigenvalue weighted by molar-refractivity contribution is 5.14. The van der Waals surface area contributed by atoms with Crippen LogP contribution < -0.4 is 0 Å². The van der Waals surface area contributed by atoms with Gasteiger partial charge in [-0.2, -0.15) is 0 Å². The molecule has 4 fully saturated rings. The van der Waals surface area contributed by atoms with E-state index < -0.39 is 0 Å². The maximum Gasteiger partial charge on any atom is 0.0602 e. The highest BCUT2D eigenvalue weighted by Gasteiger charge is 2.65. The van der Waals surface area contributed by atoms with Gasteiger partial charge in [0.1, 0.15) is 0 Å². The molecule has 0 amide bonds. The molecular weight excluding hydrogens is 312 g/mol. The lowest BCUT2D eigenvalue weighted by molar-refractivity contribution is -0.206. The van der Waals surface area contributed by atoms with Gasteiger partial charge in [0.2, 0.25) is 0 Å². The predicted molar refractivity (Wildman–Crippen MR) is 98.8 cm³/mol. The molecular formula is C22H38O3. The first kappa shape index (κ1) is 18.3. The summed E-state index contributed by atoms with van der Waals surface area (Å²) in [7, 11) is 0. The van der Waals surface area contributed by atoms with Crippen molar-refractivity contribution < 1.29 is 15.3 Å². The monoisotopic (exact) mass is 350 g/mol. The molecule has 0 heterocycles. The maximum atomic E-state index is 11.3. The first-order chi connectivity index (χ1) is 11.7. The van der Waals surface area contributed by atoms with Gasteiger partial charge in [0.25, 0.3) is 0 Å². The van der Waals surface area contributed by atoms with Gasteiger partial charge in [0, 0.05) is 0 Å². The van der Waals surface area contributed by atoms with Crippen molar-refractivity contribution in [2.24, 2.45) is 46.3 Å². The summed E-state index contributed by atoms with van der Waals surface area (Å²) in [5.74, 6) is 2.77. The van der Waals surface area contributed by atoms with E-state index in [1.807, 2.05) is 0 Å². The van der Waals surface area contributed by atoms with Crippen LogP contribution in [-0.2, 0) is 0 Å². The van der Waals surface area contributed by atoms with Crippen LogP contribution in [0.25, 0.3) is 0 Å². The molecule has 25 heavy (non-hydrogen) atoms. The lowest BCUT2D eigenvalue weighted by Gasteiger charge is -2.63. The van der Waals surface area contributed by atoms with E-state index in [0.717, 1.165) is 38.5 Å². The number of hydrogen-bond donors (Lipinski definition) is 3. The molecule has 0 aliphatic heterocycles. The summed E-state index contributed by atoms with van der Waals surface area (Å²) in [6.45, 7) is 9.32. The third-order valence-corrected chi connectivity index (χ3v) is 9.64. The minimum absolute atomic E-state index is 0.0340. The molecule has 144 valence electrons. The van der Waals surface area contributed by atoms with E-state index in [1.54, 1.807) is 0 Å². The topological polar surface area (TPSA) is 60.7 Å². The van der Waals surface area contributed by atoms with Crippen LogP contribution in [0.2, 0.25) is 0 Å². The second-order valence-corrected chi connectivity index (χ2v) is 10.8. The van der Waals surface area contributed by atoms with Gasteiger partial charge in [-0.3, -0.25) is 0 Å². The van der Waals surface area contributed by atoms with Crippen molar-refractivity contribution >= 4 is 0 Å². The van der Waals surface area contributed by atoms with Gasteiger partial charge in [0.05, 0.1) is 18.3 Å². The summed E-state index contributed by atoms with van der Waals surface area (Å²) in [5, 5.41) is 32.6. The molecule has 4 aliphatic carbocycles. The number of rotatable bonds is 1. The SMILES string of the molecule is CC(C)[C@H]1CC[C@H]2C3[C@H](O)CC4C[C@H](O)CC[C@]4(C)[C@H]3C[C@H](O)[C@]12C. The molecule has 2 unspecified atom stereocenters. The number of hydrogen-bond acceptors (Lipinski definition) is 3. The Morgan fingerprint density at radius 1 is 0.880 bits per heavy atom. The summed E-state index contributed by atoms with van der Waals surface area (Å²) in [4.78, 5) is 0. The molecule has 10 atom stereocenters. The first-order valence-electron chi connectivity index (χ1n) is 10.7. The van der Waals surface area contributed by atoms with Gasteiger partial charge < -0.3 is 15.3 Å². The van der Waals surface area contributed by atoms with Crippen molar-refractivity contribution in [2.45, 2.75) is 91.0 Å². The Kier molecular flexibility index (Phi) is 4.34. The molecule has 0 aromatic rings. The van der Waals surface area contributed by atoms with Crippen molar-refractivity contribution in [2.75, 3.05) is 0 Å². The average molecular weight is 351 g/mol. The minimum Gasteiger partial charge on any atom is -0.393 e. The number of aliphatic hydroxyl groups excluding tert-OH is 3. The molecule has 0 saturated heterocycles. The fourth-order valence-electron chi connectivity index (χ4n) is 8.29. The van der Waals surface area contributed by atoms with Crippen LogP contribution in [0, 0.1) is 46.3 Å². The Morgan fingerprint density at radius 2 is 1.60 bits per heavy atom. The van der Waals surface area contributed by atoms with Gasteiger partial charge >= 0.3 is 0 Å². The smallest absolute Gasteiger partial charge is 0.0602 e. The standard InChI is InChI=1S/C22H38O3/c1-12(2)15-5-6-16-20-17(11-19(25)22(15,16)4)21(3)8-7-14(23)9-13(21)10-18(20)24/h12-20,23-25H,5-11H2,1-4H3/t13?,14-,15-,16+,17+,18-,19+,20?,21+,22-/m1/s1. The van der Waals surface area contributed by atoms with Gasteiger partial charge in [-0.05, 0) is 91.3 Å². The third-order valence-electron chi connectivity index (χ3n) is 9.64. The summed E-state index contributed by atoms with van der Waals surface area (Å²) in [6, 6.07) is 0. The predicted octanol–water partition coefficient (Wildman–Crippen LogP) is 3.60. The molecule has 4 saturated carbocycles. The van der Waals surface area contributed by atoms with Crippen molar-refractivity contribution in [3.05, 3.63) is 0 Å². The second-order valence-electron chi connectivity index (χ2n) is 10.8. The van der Waals surface area contributed by atoms with E-state index in [2.05, 4.69) is 27.7 Å². The van der Waals surface area contributed by atoms with Crippen LogP contribution in [0.4, 0.5) is 0 Å². The molecule has 3 nitrogen and oxygen atoms in total. The Morgan fingerprint density at radius 3 is 2.28 bits per heavy atom. The maximum absolute atomic E-state index is 11.3. The Labute approximate surface area is 153 Å². The molecule has 3 heteroatoms. The quantitative estimate of drug-likeness (QED) is 0.677. The van der Waals surface area contributed by atoms with E-state index in [9.17, 15) is 15.3 Å². The van der Waals surface area contributed by atoms with Crippen molar-refractivity contribution in [1.29, 1.82) is 0 Å². The lowest BCUT2D eigenvalue weighted by Crippen LogP contribution is -2.62. The first-order valence-corrected chi connectivity index (χ1v) is 10.7. The fraction of sp³-hybridized carbons (Fsp3) is 1.00. The molecule has 3 N–H and O–H groups in total. The summed E-state index contributed by atoms with van der Waals surface area (Å²) in [6.07, 6.45) is 6.14. The van der Waals surface area contributed by atoms with Gasteiger partial charge in [-0.1, -0.05) is 27.7 Å². The normalized spacial score (nSPS) is 58.6. The van der Waals surface area contributed by atoms with Crippen molar-refractivity contribution in [3.63, 3.8) is 0 Å². The van der Waals surface area contributed by atoms with Crippen LogP contribution in [0.1, 0.15) is 72.6 Å². The van der Waals surface area contributed by atoms with Crippen LogP contribution in [0.3, 0.4) is 0 Å². The Balaban J connectivity index is 1.70. The lowest BCUT2D eigenvalue weighted by atomic mass is 9.43. The highest BCUT2D eigenvalue weighted by Crippen LogP contribution is 2.68. The second kappa shape index (κ2) is 5.94. The molecule has 0 aromatic carbocycles. The van der Waals surface area contributed by atoms with E-state index >= 15 is 0 Å². The fourth-order valence-corrected chi connectivity index (χ4v) is 8.29. The summed E-state index contributed by atoms with van der Waals surface area (Å²) < 4.78 is 0. The molecule has 4 aliphatic rings. The Bertz CT molecular complexity index is 519. The largest absolute Gasteiger partial charge is 0.393 e. The minimum atomic E-state index is -0.254. The average Bonchev–Trinajstić information content (AvgIpc) is 2.89. The van der Waals surface area contributed by atoms with Gasteiger partial charge in [-0.25, -0.2) is 0 Å². The third kappa shape index (κ3) is 2.41.